The number of carboxylic acids is 1. The summed E-state index contributed by atoms with van der Waals surface area (Å²) in [5, 5.41) is 10.2. The molecule has 1 N–H and O–H groups in total. The molecule has 2 rings (SSSR count). The fourth-order valence-electron chi connectivity index (χ4n) is 2.46. The van der Waals surface area contributed by atoms with Gasteiger partial charge in [0.15, 0.2) is 0 Å². The Morgan fingerprint density at radius 3 is 2.53 bits per heavy atom. The zero-order chi connectivity index (χ0) is 14.2. The van der Waals surface area contributed by atoms with Gasteiger partial charge in [0.1, 0.15) is 5.75 Å². The maximum atomic E-state index is 11.3. The molecule has 1 atom stereocenters. The summed E-state index contributed by atoms with van der Waals surface area (Å²) in [6, 6.07) is 7.93. The van der Waals surface area contributed by atoms with E-state index in [0.717, 1.165) is 22.3 Å². The van der Waals surface area contributed by atoms with Crippen LogP contribution in [0.1, 0.15) is 38.4 Å². The van der Waals surface area contributed by atoms with Crippen LogP contribution in [0.15, 0.2) is 24.3 Å². The van der Waals surface area contributed by atoms with Gasteiger partial charge in [0, 0.05) is 17.1 Å². The van der Waals surface area contributed by atoms with E-state index in [4.69, 9.17) is 4.74 Å². The van der Waals surface area contributed by atoms with Crippen LogP contribution < -0.4 is 4.74 Å². The van der Waals surface area contributed by atoms with Crippen LogP contribution in [0.5, 0.6) is 5.75 Å². The van der Waals surface area contributed by atoms with Gasteiger partial charge in [-0.2, -0.15) is 0 Å². The third-order valence-electron chi connectivity index (χ3n) is 3.42. The minimum absolute atomic E-state index is 0.196. The van der Waals surface area contributed by atoms with Crippen LogP contribution in [0.2, 0.25) is 0 Å². The van der Waals surface area contributed by atoms with E-state index < -0.39 is 11.9 Å². The van der Waals surface area contributed by atoms with Crippen LogP contribution in [0.3, 0.4) is 0 Å². The summed E-state index contributed by atoms with van der Waals surface area (Å²) in [7, 11) is 1.63. The van der Waals surface area contributed by atoms with Gasteiger partial charge in [-0.25, -0.2) is 0 Å². The Hall–Kier alpha value is -1.97. The van der Waals surface area contributed by atoms with Gasteiger partial charge in [0.2, 0.25) is 0 Å². The molecule has 2 aromatic rings. The molecule has 0 spiro atoms. The molecule has 19 heavy (non-hydrogen) atoms. The number of aromatic nitrogens is 1. The summed E-state index contributed by atoms with van der Waals surface area (Å²) >= 11 is 0. The molecule has 4 nitrogen and oxygen atoms in total. The highest BCUT2D eigenvalue weighted by Crippen LogP contribution is 2.34. The van der Waals surface area contributed by atoms with E-state index in [2.05, 4.69) is 18.4 Å². The second-order valence-electron chi connectivity index (χ2n) is 4.99. The van der Waals surface area contributed by atoms with E-state index in [-0.39, 0.29) is 6.04 Å². The summed E-state index contributed by atoms with van der Waals surface area (Å²) in [6.45, 7) is 5.82. The molecule has 1 heterocycles. The van der Waals surface area contributed by atoms with E-state index in [9.17, 15) is 9.90 Å². The van der Waals surface area contributed by atoms with E-state index in [1.165, 1.54) is 0 Å². The number of carboxylic acid groups (broad SMARTS) is 1. The smallest absolute Gasteiger partial charge is 0.312 e. The monoisotopic (exact) mass is 261 g/mol. The lowest BCUT2D eigenvalue weighted by molar-refractivity contribution is -0.138. The van der Waals surface area contributed by atoms with Crippen LogP contribution in [0, 0.1) is 0 Å². The first-order valence-corrected chi connectivity index (χ1v) is 6.38. The number of carbonyl (C=O) groups is 1. The number of hydrogen-bond donors (Lipinski definition) is 1. The maximum Gasteiger partial charge on any atom is 0.312 e. The van der Waals surface area contributed by atoms with Gasteiger partial charge < -0.3 is 14.4 Å². The Morgan fingerprint density at radius 1 is 1.32 bits per heavy atom. The molecule has 4 heteroatoms. The van der Waals surface area contributed by atoms with Gasteiger partial charge in [-0.15, -0.1) is 0 Å². The first kappa shape index (κ1) is 13.5. The predicted octanol–water partition coefficient (Wildman–Crippen LogP) is 3.42. The number of nitrogens with zero attached hydrogens (tertiary/aromatic N) is 1. The van der Waals surface area contributed by atoms with Crippen molar-refractivity contribution in [3.63, 3.8) is 0 Å². The molecule has 102 valence electrons. The van der Waals surface area contributed by atoms with Crippen molar-refractivity contribution in [2.24, 2.45) is 0 Å². The third-order valence-corrected chi connectivity index (χ3v) is 3.42. The first-order valence-electron chi connectivity index (χ1n) is 6.38. The lowest BCUT2D eigenvalue weighted by Gasteiger charge is -2.17. The van der Waals surface area contributed by atoms with E-state index in [1.807, 2.05) is 24.3 Å². The fourth-order valence-corrected chi connectivity index (χ4v) is 2.46. The number of benzene rings is 1. The molecule has 0 saturated heterocycles. The van der Waals surface area contributed by atoms with Gasteiger partial charge >= 0.3 is 5.97 Å². The molecule has 0 saturated carbocycles. The van der Waals surface area contributed by atoms with Gasteiger partial charge in [0.05, 0.1) is 18.5 Å². The van der Waals surface area contributed by atoms with Crippen molar-refractivity contribution >= 4 is 16.9 Å². The topological polar surface area (TPSA) is 51.5 Å². The summed E-state index contributed by atoms with van der Waals surface area (Å²) in [5.74, 6) is -0.584. The highest BCUT2D eigenvalue weighted by atomic mass is 16.5. The average molecular weight is 261 g/mol. The van der Waals surface area contributed by atoms with Crippen LogP contribution in [-0.2, 0) is 4.79 Å². The molecule has 0 aliphatic heterocycles. The zero-order valence-corrected chi connectivity index (χ0v) is 11.7. The van der Waals surface area contributed by atoms with Crippen molar-refractivity contribution in [1.82, 2.24) is 4.57 Å². The Bertz CT molecular complexity index is 613. The number of ether oxygens (including phenoxy) is 1. The van der Waals surface area contributed by atoms with Crippen LogP contribution in [-0.4, -0.2) is 22.8 Å². The second kappa shape index (κ2) is 4.96. The number of rotatable bonds is 4. The molecule has 0 fully saturated rings. The Labute approximate surface area is 112 Å². The molecule has 0 aliphatic carbocycles. The van der Waals surface area contributed by atoms with Crippen LogP contribution >= 0.6 is 0 Å². The highest BCUT2D eigenvalue weighted by Gasteiger charge is 2.22. The number of fused-ring (bicyclic) bond motifs is 1. The molecule has 0 amide bonds. The largest absolute Gasteiger partial charge is 0.496 e. The Kier molecular flexibility index (Phi) is 3.51. The number of aliphatic carboxylic acids is 1. The Balaban J connectivity index is 2.76. The maximum absolute atomic E-state index is 11.3. The van der Waals surface area contributed by atoms with E-state index >= 15 is 0 Å². The SMILES string of the molecule is COc1cccc2c1cc(C(C)C(=O)O)n2C(C)C. The molecule has 0 aliphatic rings. The standard InChI is InChI=1S/C15H19NO3/c1-9(2)16-12-6-5-7-14(19-4)11(12)8-13(16)10(3)15(17)18/h5-10H,1-4H3,(H,17,18). The van der Waals surface area contributed by atoms with Crippen LogP contribution in [0.4, 0.5) is 0 Å². The molecule has 0 radical (unpaired) electrons. The molecular formula is C15H19NO3. The van der Waals surface area contributed by atoms with Crippen molar-refractivity contribution in [3.8, 4) is 5.75 Å². The number of methoxy groups -OCH3 is 1. The van der Waals surface area contributed by atoms with Crippen LogP contribution in [0.25, 0.3) is 10.9 Å². The number of hydrogen-bond acceptors (Lipinski definition) is 2. The van der Waals surface area contributed by atoms with Gasteiger partial charge in [0.25, 0.3) is 0 Å². The summed E-state index contributed by atoms with van der Waals surface area (Å²) < 4.78 is 7.42. The minimum Gasteiger partial charge on any atom is -0.496 e. The second-order valence-corrected chi connectivity index (χ2v) is 4.99. The van der Waals surface area contributed by atoms with Crippen molar-refractivity contribution in [2.75, 3.05) is 7.11 Å². The molecule has 1 aromatic heterocycles. The van der Waals surface area contributed by atoms with Crippen molar-refractivity contribution in [1.29, 1.82) is 0 Å². The predicted molar refractivity (Wildman–Crippen MR) is 74.9 cm³/mol. The van der Waals surface area contributed by atoms with Gasteiger partial charge in [-0.1, -0.05) is 6.07 Å². The molecule has 1 aromatic carbocycles. The Morgan fingerprint density at radius 2 is 2.00 bits per heavy atom. The van der Waals surface area contributed by atoms with Crippen molar-refractivity contribution < 1.29 is 14.6 Å². The molecular weight excluding hydrogens is 242 g/mol. The van der Waals surface area contributed by atoms with E-state index in [0.29, 0.717) is 0 Å². The minimum atomic E-state index is -0.816. The summed E-state index contributed by atoms with van der Waals surface area (Å²) in [6.07, 6.45) is 0. The molecule has 1 unspecified atom stereocenters. The fraction of sp³-hybridized carbons (Fsp3) is 0.400. The van der Waals surface area contributed by atoms with Gasteiger partial charge in [-0.05, 0) is 39.0 Å². The molecule has 0 bridgehead atoms. The average Bonchev–Trinajstić information content (AvgIpc) is 2.76. The van der Waals surface area contributed by atoms with Crippen molar-refractivity contribution in [3.05, 3.63) is 30.0 Å². The zero-order valence-electron chi connectivity index (χ0n) is 11.7. The normalized spacial score (nSPS) is 12.9. The van der Waals surface area contributed by atoms with E-state index in [1.54, 1.807) is 14.0 Å². The summed E-state index contributed by atoms with van der Waals surface area (Å²) in [5.41, 5.74) is 1.82. The lowest BCUT2D eigenvalue weighted by atomic mass is 10.1. The first-order chi connectivity index (χ1) is 8.97. The third kappa shape index (κ3) is 2.18. The quantitative estimate of drug-likeness (QED) is 0.917. The summed E-state index contributed by atoms with van der Waals surface area (Å²) in [4.78, 5) is 11.3. The van der Waals surface area contributed by atoms with Crippen molar-refractivity contribution in [2.45, 2.75) is 32.7 Å². The van der Waals surface area contributed by atoms with Gasteiger partial charge in [-0.3, -0.25) is 4.79 Å². The lowest BCUT2D eigenvalue weighted by Crippen LogP contribution is -2.14. The highest BCUT2D eigenvalue weighted by molar-refractivity contribution is 5.89.